The Balaban J connectivity index is 1.82. The van der Waals surface area contributed by atoms with Crippen LogP contribution in [0.1, 0.15) is 18.1 Å². The molecule has 0 aliphatic rings. The van der Waals surface area contributed by atoms with Gasteiger partial charge in [0.2, 0.25) is 0 Å². The number of aryl methyl sites for hydroxylation is 1. The van der Waals surface area contributed by atoms with Crippen LogP contribution in [0, 0.1) is 6.92 Å². The molecule has 0 aliphatic carbocycles. The van der Waals surface area contributed by atoms with Crippen molar-refractivity contribution in [2.24, 2.45) is 0 Å². The van der Waals surface area contributed by atoms with Crippen LogP contribution >= 0.6 is 23.4 Å². The van der Waals surface area contributed by atoms with Crippen LogP contribution in [0.2, 0.25) is 5.02 Å². The van der Waals surface area contributed by atoms with E-state index in [1.165, 1.54) is 11.1 Å². The van der Waals surface area contributed by atoms with Gasteiger partial charge in [-0.2, -0.15) is 0 Å². The van der Waals surface area contributed by atoms with E-state index < -0.39 is 0 Å². The van der Waals surface area contributed by atoms with Crippen molar-refractivity contribution in [3.63, 3.8) is 0 Å². The molecule has 1 aromatic heterocycles. The van der Waals surface area contributed by atoms with E-state index in [2.05, 4.69) is 52.9 Å². The van der Waals surface area contributed by atoms with Gasteiger partial charge in [0.25, 0.3) is 0 Å². The quantitative estimate of drug-likeness (QED) is 0.595. The highest BCUT2D eigenvalue weighted by Crippen LogP contribution is 2.27. The first kappa shape index (κ1) is 16.1. The molecule has 23 heavy (non-hydrogen) atoms. The Morgan fingerprint density at radius 3 is 2.57 bits per heavy atom. The Morgan fingerprint density at radius 2 is 1.87 bits per heavy atom. The monoisotopic (exact) mass is 343 g/mol. The molecule has 0 radical (unpaired) electrons. The summed E-state index contributed by atoms with van der Waals surface area (Å²) in [5.41, 5.74) is 3.56. The van der Waals surface area contributed by atoms with Crippen molar-refractivity contribution in [3.8, 4) is 11.4 Å². The molecular weight excluding hydrogens is 326 g/mol. The number of aromatic nitrogens is 3. The van der Waals surface area contributed by atoms with E-state index in [4.69, 9.17) is 11.6 Å². The molecule has 0 saturated heterocycles. The Kier molecular flexibility index (Phi) is 5.03. The molecule has 0 amide bonds. The molecule has 0 spiro atoms. The van der Waals surface area contributed by atoms with Crippen LogP contribution in [-0.4, -0.2) is 14.8 Å². The fourth-order valence-electron chi connectivity index (χ4n) is 2.35. The highest BCUT2D eigenvalue weighted by Gasteiger charge is 2.13. The van der Waals surface area contributed by atoms with Crippen LogP contribution in [0.15, 0.2) is 53.7 Å². The fourth-order valence-corrected chi connectivity index (χ4v) is 3.50. The third-order valence-electron chi connectivity index (χ3n) is 3.60. The maximum Gasteiger partial charge on any atom is 0.191 e. The van der Waals surface area contributed by atoms with E-state index in [9.17, 15) is 0 Å². The molecule has 0 saturated carbocycles. The Hall–Kier alpha value is -1.78. The zero-order chi connectivity index (χ0) is 16.2. The van der Waals surface area contributed by atoms with Crippen LogP contribution in [-0.2, 0) is 12.3 Å². The van der Waals surface area contributed by atoms with E-state index in [1.807, 2.05) is 24.3 Å². The number of nitrogens with zero attached hydrogens (tertiary/aromatic N) is 3. The van der Waals surface area contributed by atoms with Crippen LogP contribution in [0.25, 0.3) is 11.4 Å². The second kappa shape index (κ2) is 7.20. The van der Waals surface area contributed by atoms with Crippen molar-refractivity contribution >= 4 is 23.4 Å². The lowest BCUT2D eigenvalue weighted by Gasteiger charge is -2.07. The Bertz CT molecular complexity index is 796. The summed E-state index contributed by atoms with van der Waals surface area (Å²) in [6.45, 7) is 5.03. The Morgan fingerprint density at radius 1 is 1.09 bits per heavy atom. The van der Waals surface area contributed by atoms with Gasteiger partial charge in [-0.1, -0.05) is 65.3 Å². The predicted octanol–water partition coefficient (Wildman–Crippen LogP) is 5.22. The summed E-state index contributed by atoms with van der Waals surface area (Å²) < 4.78 is 2.13. The lowest BCUT2D eigenvalue weighted by atomic mass is 10.2. The first-order valence-corrected chi connectivity index (χ1v) is 8.91. The molecule has 2 aromatic carbocycles. The number of halogens is 1. The molecule has 5 heteroatoms. The molecule has 3 rings (SSSR count). The maximum atomic E-state index is 6.09. The number of hydrogen-bond donors (Lipinski definition) is 0. The fraction of sp³-hybridized carbons (Fsp3) is 0.222. The van der Waals surface area contributed by atoms with Gasteiger partial charge in [-0.25, -0.2) is 0 Å². The molecule has 0 unspecified atom stereocenters. The van der Waals surface area contributed by atoms with Gasteiger partial charge >= 0.3 is 0 Å². The summed E-state index contributed by atoms with van der Waals surface area (Å²) >= 11 is 7.80. The first-order chi connectivity index (χ1) is 11.2. The number of hydrogen-bond acceptors (Lipinski definition) is 3. The molecular formula is C18H18ClN3S. The van der Waals surface area contributed by atoms with Gasteiger partial charge in [-0.3, -0.25) is 0 Å². The van der Waals surface area contributed by atoms with Gasteiger partial charge < -0.3 is 4.57 Å². The van der Waals surface area contributed by atoms with Crippen molar-refractivity contribution in [2.45, 2.75) is 31.3 Å². The molecule has 3 aromatic rings. The highest BCUT2D eigenvalue weighted by atomic mass is 35.5. The lowest BCUT2D eigenvalue weighted by molar-refractivity contribution is 0.687. The molecule has 0 fully saturated rings. The summed E-state index contributed by atoms with van der Waals surface area (Å²) in [6, 6.07) is 16.3. The zero-order valence-electron chi connectivity index (χ0n) is 13.2. The predicted molar refractivity (Wildman–Crippen MR) is 96.9 cm³/mol. The average Bonchev–Trinajstić information content (AvgIpc) is 2.97. The van der Waals surface area contributed by atoms with Crippen LogP contribution < -0.4 is 0 Å². The van der Waals surface area contributed by atoms with Gasteiger partial charge in [-0.05, 0) is 31.5 Å². The molecule has 3 nitrogen and oxygen atoms in total. The van der Waals surface area contributed by atoms with E-state index in [-0.39, 0.29) is 0 Å². The van der Waals surface area contributed by atoms with Gasteiger partial charge in [0, 0.05) is 22.9 Å². The largest absolute Gasteiger partial charge is 0.302 e. The third-order valence-corrected chi connectivity index (χ3v) is 4.88. The molecule has 0 atom stereocenters. The lowest BCUT2D eigenvalue weighted by Crippen LogP contribution is -1.99. The highest BCUT2D eigenvalue weighted by molar-refractivity contribution is 7.98. The van der Waals surface area contributed by atoms with Crippen molar-refractivity contribution in [1.82, 2.24) is 14.8 Å². The minimum absolute atomic E-state index is 0.710. The van der Waals surface area contributed by atoms with Crippen molar-refractivity contribution in [1.29, 1.82) is 0 Å². The zero-order valence-corrected chi connectivity index (χ0v) is 14.7. The normalized spacial score (nSPS) is 10.9. The van der Waals surface area contributed by atoms with Crippen molar-refractivity contribution in [2.75, 3.05) is 0 Å². The maximum absolute atomic E-state index is 6.09. The van der Waals surface area contributed by atoms with Crippen LogP contribution in [0.5, 0.6) is 0 Å². The molecule has 1 heterocycles. The standard InChI is InChI=1S/C18H18ClN3S/c1-3-22-17(15-5-4-6-16(19)11-15)20-21-18(22)23-12-14-9-7-13(2)8-10-14/h4-11H,3,12H2,1-2H3. The van der Waals surface area contributed by atoms with E-state index >= 15 is 0 Å². The second-order valence-electron chi connectivity index (χ2n) is 5.34. The van der Waals surface area contributed by atoms with Gasteiger partial charge in [0.15, 0.2) is 11.0 Å². The summed E-state index contributed by atoms with van der Waals surface area (Å²) in [5, 5.41) is 10.4. The summed E-state index contributed by atoms with van der Waals surface area (Å²) in [7, 11) is 0. The van der Waals surface area contributed by atoms with Gasteiger partial charge in [0.05, 0.1) is 0 Å². The molecule has 0 aliphatic heterocycles. The van der Waals surface area contributed by atoms with Gasteiger partial charge in [0.1, 0.15) is 0 Å². The number of rotatable bonds is 5. The van der Waals surface area contributed by atoms with Crippen molar-refractivity contribution < 1.29 is 0 Å². The van der Waals surface area contributed by atoms with E-state index in [0.29, 0.717) is 5.02 Å². The minimum atomic E-state index is 0.710. The molecule has 0 bridgehead atoms. The second-order valence-corrected chi connectivity index (χ2v) is 6.71. The van der Waals surface area contributed by atoms with Crippen LogP contribution in [0.3, 0.4) is 0 Å². The van der Waals surface area contributed by atoms with E-state index in [0.717, 1.165) is 28.8 Å². The Labute approximate surface area is 145 Å². The summed E-state index contributed by atoms with van der Waals surface area (Å²) in [4.78, 5) is 0. The summed E-state index contributed by atoms with van der Waals surface area (Å²) in [5.74, 6) is 1.75. The van der Waals surface area contributed by atoms with E-state index in [1.54, 1.807) is 11.8 Å². The van der Waals surface area contributed by atoms with Crippen LogP contribution in [0.4, 0.5) is 0 Å². The third kappa shape index (κ3) is 3.77. The average molecular weight is 344 g/mol. The van der Waals surface area contributed by atoms with Crippen molar-refractivity contribution in [3.05, 3.63) is 64.7 Å². The number of thioether (sulfide) groups is 1. The minimum Gasteiger partial charge on any atom is -0.302 e. The first-order valence-electron chi connectivity index (χ1n) is 7.55. The van der Waals surface area contributed by atoms with Gasteiger partial charge in [-0.15, -0.1) is 10.2 Å². The number of benzene rings is 2. The summed E-state index contributed by atoms with van der Waals surface area (Å²) in [6.07, 6.45) is 0. The molecule has 0 N–H and O–H groups in total. The smallest absolute Gasteiger partial charge is 0.191 e. The molecule has 118 valence electrons. The topological polar surface area (TPSA) is 30.7 Å². The SMILES string of the molecule is CCn1c(SCc2ccc(C)cc2)nnc1-c1cccc(Cl)c1.